The highest BCUT2D eigenvalue weighted by Crippen LogP contribution is 2.32. The molecular formula is C26H26N4O7S. The van der Waals surface area contributed by atoms with Crippen molar-refractivity contribution in [1.82, 2.24) is 20.3 Å². The maximum Gasteiger partial charge on any atom is 0.325 e. The number of sulfonamides is 1. The molecule has 3 N–H and O–H groups in total. The van der Waals surface area contributed by atoms with Crippen molar-refractivity contribution >= 4 is 33.7 Å². The molecule has 0 unspecified atom stereocenters. The number of hydrogen-bond donors (Lipinski definition) is 3. The number of aromatic nitrogens is 1. The Morgan fingerprint density at radius 2 is 1.61 bits per heavy atom. The van der Waals surface area contributed by atoms with Crippen molar-refractivity contribution in [3.05, 3.63) is 83.7 Å². The molecule has 0 spiro atoms. The molecule has 0 aliphatic heterocycles. The predicted molar refractivity (Wildman–Crippen MR) is 138 cm³/mol. The first-order chi connectivity index (χ1) is 18.1. The fourth-order valence-electron chi connectivity index (χ4n) is 3.14. The Kier molecular flexibility index (Phi) is 9.28. The first-order valence-corrected chi connectivity index (χ1v) is 12.9. The van der Waals surface area contributed by atoms with Crippen LogP contribution < -0.4 is 15.4 Å². The number of nitrogens with zero attached hydrogens (tertiary/aromatic N) is 1. The van der Waals surface area contributed by atoms with Crippen LogP contribution >= 0.6 is 0 Å². The van der Waals surface area contributed by atoms with Crippen molar-refractivity contribution in [2.45, 2.75) is 18.2 Å². The minimum Gasteiger partial charge on any atom is -0.468 e. The molecule has 38 heavy (non-hydrogen) atoms. The first-order valence-electron chi connectivity index (χ1n) is 11.4. The lowest BCUT2D eigenvalue weighted by atomic mass is 10.1. The third-order valence-corrected chi connectivity index (χ3v) is 6.54. The fraction of sp³-hybridized carbons (Fsp3) is 0.192. The summed E-state index contributed by atoms with van der Waals surface area (Å²) in [5.41, 5.74) is 3.36. The molecule has 0 saturated carbocycles. The van der Waals surface area contributed by atoms with E-state index in [1.165, 1.54) is 55.5 Å². The van der Waals surface area contributed by atoms with E-state index in [2.05, 4.69) is 44.6 Å². The van der Waals surface area contributed by atoms with Crippen LogP contribution in [-0.4, -0.2) is 57.3 Å². The molecule has 0 radical (unpaired) electrons. The van der Waals surface area contributed by atoms with Crippen LogP contribution in [0.2, 0.25) is 0 Å². The summed E-state index contributed by atoms with van der Waals surface area (Å²) in [6.45, 7) is 1.38. The predicted octanol–water partition coefficient (Wildman–Crippen LogP) is 1.45. The van der Waals surface area contributed by atoms with Crippen LogP contribution in [0, 0.1) is 0 Å². The second-order valence-electron chi connectivity index (χ2n) is 8.09. The minimum absolute atomic E-state index is 0.0693. The highest BCUT2D eigenvalue weighted by Gasteiger charge is 2.20. The zero-order chi connectivity index (χ0) is 27.7. The molecule has 198 valence electrons. The summed E-state index contributed by atoms with van der Waals surface area (Å²) in [7, 11) is -2.99. The molecule has 2 aliphatic carbocycles. The number of carbonyl (C=O) groups excluding carboxylic acids is 4. The van der Waals surface area contributed by atoms with Crippen LogP contribution in [0.5, 0.6) is 0 Å². The molecule has 2 aliphatic rings. The Bertz CT molecular complexity index is 1440. The average molecular weight is 539 g/mol. The van der Waals surface area contributed by atoms with Gasteiger partial charge in [-0.25, -0.2) is 13.1 Å². The molecule has 1 aromatic heterocycles. The number of nitrogens with one attached hydrogen (secondary N) is 3. The first kappa shape index (κ1) is 28.0. The monoisotopic (exact) mass is 538 g/mol. The number of methoxy groups -OCH3 is 1. The zero-order valence-corrected chi connectivity index (χ0v) is 21.5. The number of amides is 3. The Balaban J connectivity index is 0.000000572. The highest BCUT2D eigenvalue weighted by molar-refractivity contribution is 7.90. The van der Waals surface area contributed by atoms with Gasteiger partial charge in [0, 0.05) is 19.7 Å². The van der Waals surface area contributed by atoms with Gasteiger partial charge in [0.2, 0.25) is 5.91 Å². The molecule has 0 fully saturated rings. The van der Waals surface area contributed by atoms with Crippen LogP contribution in [0.15, 0.2) is 71.8 Å². The van der Waals surface area contributed by atoms with Gasteiger partial charge in [-0.15, -0.1) is 0 Å². The van der Waals surface area contributed by atoms with E-state index in [0.717, 1.165) is 6.20 Å². The summed E-state index contributed by atoms with van der Waals surface area (Å²) in [4.78, 5) is 50.0. The van der Waals surface area contributed by atoms with Gasteiger partial charge >= 0.3 is 5.97 Å². The Hall–Kier alpha value is -4.58. The van der Waals surface area contributed by atoms with Gasteiger partial charge in [-0.05, 0) is 53.4 Å². The van der Waals surface area contributed by atoms with Crippen LogP contribution in [0.3, 0.4) is 0 Å². The van der Waals surface area contributed by atoms with Crippen molar-refractivity contribution in [2.24, 2.45) is 0 Å². The van der Waals surface area contributed by atoms with Gasteiger partial charge in [0.25, 0.3) is 21.8 Å². The van der Waals surface area contributed by atoms with Gasteiger partial charge in [0.15, 0.2) is 0 Å². The Morgan fingerprint density at radius 3 is 2.16 bits per heavy atom. The van der Waals surface area contributed by atoms with Gasteiger partial charge in [0.1, 0.15) is 12.2 Å². The van der Waals surface area contributed by atoms with E-state index in [4.69, 9.17) is 0 Å². The molecule has 11 nitrogen and oxygen atoms in total. The molecule has 1 aromatic carbocycles. The van der Waals surface area contributed by atoms with Crippen molar-refractivity contribution in [2.75, 3.05) is 20.2 Å². The third-order valence-electron chi connectivity index (χ3n) is 5.22. The number of carbonyl (C=O) groups is 4. The zero-order valence-electron chi connectivity index (χ0n) is 20.7. The van der Waals surface area contributed by atoms with Crippen molar-refractivity contribution < 1.29 is 32.3 Å². The highest BCUT2D eigenvalue weighted by atomic mass is 32.2. The summed E-state index contributed by atoms with van der Waals surface area (Å²) >= 11 is 0. The fourth-order valence-corrected chi connectivity index (χ4v) is 4.19. The molecule has 0 bridgehead atoms. The second kappa shape index (κ2) is 12.6. The summed E-state index contributed by atoms with van der Waals surface area (Å²) in [6, 6.07) is 16.9. The Morgan fingerprint density at radius 1 is 0.895 bits per heavy atom. The average Bonchev–Trinajstić information content (AvgIpc) is 3.50. The number of ether oxygens (including phenoxy) is 1. The van der Waals surface area contributed by atoms with Crippen LogP contribution in [0.25, 0.3) is 11.1 Å². The number of esters is 1. The maximum absolute atomic E-state index is 12.6. The van der Waals surface area contributed by atoms with Crippen molar-refractivity contribution in [1.29, 1.82) is 0 Å². The smallest absolute Gasteiger partial charge is 0.325 e. The molecule has 12 heteroatoms. The van der Waals surface area contributed by atoms with Gasteiger partial charge in [-0.3, -0.25) is 24.2 Å². The van der Waals surface area contributed by atoms with Crippen LogP contribution in [0.1, 0.15) is 33.3 Å². The van der Waals surface area contributed by atoms with E-state index in [1.54, 1.807) is 6.07 Å². The van der Waals surface area contributed by atoms with Crippen molar-refractivity contribution in [3.8, 4) is 11.1 Å². The topological polar surface area (TPSA) is 161 Å². The number of rotatable bonds is 9. The number of benzene rings is 2. The summed E-state index contributed by atoms with van der Waals surface area (Å²) in [6.07, 6.45) is 1.46. The molecular weight excluding hydrogens is 512 g/mol. The molecule has 1 heterocycles. The van der Waals surface area contributed by atoms with Gasteiger partial charge < -0.3 is 15.4 Å². The summed E-state index contributed by atoms with van der Waals surface area (Å²) < 4.78 is 31.5. The number of fused-ring (bicyclic) bond motifs is 1. The van der Waals surface area contributed by atoms with Crippen LogP contribution in [-0.2, 0) is 30.8 Å². The van der Waals surface area contributed by atoms with Gasteiger partial charge in [0.05, 0.1) is 17.6 Å². The lowest BCUT2D eigenvalue weighted by Crippen LogP contribution is -2.32. The molecule has 0 saturated heterocycles. The van der Waals surface area contributed by atoms with E-state index in [9.17, 15) is 27.6 Å². The normalized spacial score (nSPS) is 10.8. The lowest BCUT2D eigenvalue weighted by molar-refractivity contribution is -0.139. The maximum atomic E-state index is 12.6. The number of pyridine rings is 1. The molecule has 3 amide bonds. The van der Waals surface area contributed by atoms with Gasteiger partial charge in [-0.1, -0.05) is 30.3 Å². The van der Waals surface area contributed by atoms with E-state index in [-0.39, 0.29) is 28.6 Å². The Labute approximate surface area is 219 Å². The molecule has 4 rings (SSSR count). The minimum atomic E-state index is -4.16. The van der Waals surface area contributed by atoms with E-state index in [0.29, 0.717) is 18.5 Å². The molecule has 2 aromatic rings. The van der Waals surface area contributed by atoms with Crippen LogP contribution in [0.4, 0.5) is 0 Å². The van der Waals surface area contributed by atoms with E-state index < -0.39 is 27.8 Å². The molecule has 0 atom stereocenters. The summed E-state index contributed by atoms with van der Waals surface area (Å²) in [5, 5.41) is 4.91. The van der Waals surface area contributed by atoms with Gasteiger partial charge in [-0.2, -0.15) is 0 Å². The summed E-state index contributed by atoms with van der Waals surface area (Å²) in [5.74, 6) is -2.42. The van der Waals surface area contributed by atoms with E-state index >= 15 is 0 Å². The standard InChI is InChI=1S/C20H22N4O7S.C6H4/c1-13(25)21-9-8-14-4-3-5-16(10-14)32(29,30)24-19(27)15-6-7-17(22-11-15)20(28)23-12-18(26)31-2;1-2-5-4-6(5)3-1/h3-7,10-11H,8-9,12H2,1-2H3,(H,21,25)(H,23,28)(H,24,27);1-4H. The largest absolute Gasteiger partial charge is 0.468 e. The lowest BCUT2D eigenvalue weighted by Gasteiger charge is -2.09. The number of hydrogen-bond acceptors (Lipinski definition) is 8. The SMILES string of the molecule is COC(=O)CNC(=O)c1ccc(C(=O)NS(=O)(=O)c2cccc(CCNC(C)=O)c2)cn1.c1cc2cc-2c1. The third kappa shape index (κ3) is 8.23. The quantitative estimate of drug-likeness (QED) is 0.270. The van der Waals surface area contributed by atoms with E-state index in [1.807, 2.05) is 4.72 Å². The van der Waals surface area contributed by atoms with Crippen molar-refractivity contribution in [3.63, 3.8) is 0 Å². The second-order valence-corrected chi connectivity index (χ2v) is 9.77.